The first kappa shape index (κ1) is 15.9. The highest BCUT2D eigenvalue weighted by atomic mass is 16.3. The van der Waals surface area contributed by atoms with Gasteiger partial charge in [-0.2, -0.15) is 5.26 Å². The molecular formula is C17H17N5O2. The van der Waals surface area contributed by atoms with Gasteiger partial charge in [-0.15, -0.1) is 10.2 Å². The minimum atomic E-state index is -0.192. The van der Waals surface area contributed by atoms with Crippen LogP contribution in [0.5, 0.6) is 5.75 Å². The fourth-order valence-electron chi connectivity index (χ4n) is 2.53. The van der Waals surface area contributed by atoms with E-state index in [2.05, 4.69) is 20.8 Å². The van der Waals surface area contributed by atoms with Crippen molar-refractivity contribution in [3.8, 4) is 23.1 Å². The topological polar surface area (TPSA) is 111 Å². The summed E-state index contributed by atoms with van der Waals surface area (Å²) in [6.07, 6.45) is 2.08. The first-order valence-corrected chi connectivity index (χ1v) is 7.68. The standard InChI is InChI=1S/C17H17N5O2/c1-19-9-16(24)20-15-7-13(11-3-4-11)17(22-21-15)12-5-2-10(8-18)6-14(12)23/h2,5-7,11,19,23H,3-4,9H2,1H3,(H,20,21,24). The third kappa shape index (κ3) is 3.34. The van der Waals surface area contributed by atoms with Gasteiger partial charge in [0.15, 0.2) is 5.82 Å². The van der Waals surface area contributed by atoms with E-state index in [-0.39, 0.29) is 18.2 Å². The summed E-state index contributed by atoms with van der Waals surface area (Å²) in [6, 6.07) is 8.52. The van der Waals surface area contributed by atoms with Crippen LogP contribution in [-0.4, -0.2) is 34.8 Å². The molecule has 24 heavy (non-hydrogen) atoms. The monoisotopic (exact) mass is 323 g/mol. The molecule has 1 aliphatic rings. The number of hydrogen-bond donors (Lipinski definition) is 3. The molecular weight excluding hydrogens is 306 g/mol. The number of anilines is 1. The summed E-state index contributed by atoms with van der Waals surface area (Å²) in [5, 5.41) is 32.8. The second kappa shape index (κ2) is 6.64. The summed E-state index contributed by atoms with van der Waals surface area (Å²) in [5.74, 6) is 0.555. The maximum atomic E-state index is 11.7. The number of rotatable bonds is 5. The third-order valence-electron chi connectivity index (χ3n) is 3.83. The largest absolute Gasteiger partial charge is 0.507 e. The fourth-order valence-corrected chi connectivity index (χ4v) is 2.53. The molecule has 1 aromatic heterocycles. The number of aromatic nitrogens is 2. The van der Waals surface area contributed by atoms with Gasteiger partial charge in [0.25, 0.3) is 0 Å². The average Bonchev–Trinajstić information content (AvgIpc) is 3.40. The van der Waals surface area contributed by atoms with Crippen molar-refractivity contribution in [1.82, 2.24) is 15.5 Å². The van der Waals surface area contributed by atoms with Crippen molar-refractivity contribution in [2.45, 2.75) is 18.8 Å². The Hall–Kier alpha value is -2.98. The quantitative estimate of drug-likeness (QED) is 0.773. The van der Waals surface area contributed by atoms with E-state index in [1.54, 1.807) is 19.2 Å². The lowest BCUT2D eigenvalue weighted by atomic mass is 10.0. The van der Waals surface area contributed by atoms with Gasteiger partial charge in [-0.05, 0) is 55.6 Å². The van der Waals surface area contributed by atoms with Gasteiger partial charge in [0.05, 0.1) is 18.2 Å². The number of hydrogen-bond acceptors (Lipinski definition) is 6. The van der Waals surface area contributed by atoms with E-state index in [1.807, 2.05) is 12.1 Å². The van der Waals surface area contributed by atoms with Crippen LogP contribution < -0.4 is 10.6 Å². The van der Waals surface area contributed by atoms with Gasteiger partial charge in [-0.25, -0.2) is 0 Å². The summed E-state index contributed by atoms with van der Waals surface area (Å²) in [7, 11) is 1.69. The summed E-state index contributed by atoms with van der Waals surface area (Å²) in [5.41, 5.74) is 2.46. The molecule has 0 bridgehead atoms. The van der Waals surface area contributed by atoms with Crippen molar-refractivity contribution in [2.24, 2.45) is 0 Å². The molecule has 1 aromatic carbocycles. The minimum Gasteiger partial charge on any atom is -0.507 e. The molecule has 0 radical (unpaired) electrons. The Bertz CT molecular complexity index is 824. The number of carbonyl (C=O) groups is 1. The SMILES string of the molecule is CNCC(=O)Nc1cc(C2CC2)c(-c2ccc(C#N)cc2O)nn1. The maximum absolute atomic E-state index is 11.7. The zero-order chi connectivity index (χ0) is 17.1. The van der Waals surface area contributed by atoms with Gasteiger partial charge < -0.3 is 15.7 Å². The summed E-state index contributed by atoms with van der Waals surface area (Å²) in [4.78, 5) is 11.7. The lowest BCUT2D eigenvalue weighted by molar-refractivity contribution is -0.115. The molecule has 1 aliphatic carbocycles. The van der Waals surface area contributed by atoms with Crippen molar-refractivity contribution in [3.63, 3.8) is 0 Å². The van der Waals surface area contributed by atoms with Crippen molar-refractivity contribution in [3.05, 3.63) is 35.4 Å². The highest BCUT2D eigenvalue weighted by molar-refractivity contribution is 5.91. The number of aromatic hydroxyl groups is 1. The first-order chi connectivity index (χ1) is 11.6. The Labute approximate surface area is 139 Å². The van der Waals surface area contributed by atoms with E-state index in [1.165, 1.54) is 6.07 Å². The zero-order valence-electron chi connectivity index (χ0n) is 13.2. The number of nitrogens with one attached hydrogen (secondary N) is 2. The van der Waals surface area contributed by atoms with Crippen LogP contribution in [0.2, 0.25) is 0 Å². The lowest BCUT2D eigenvalue weighted by Gasteiger charge is -2.11. The summed E-state index contributed by atoms with van der Waals surface area (Å²) in [6.45, 7) is 0.193. The van der Waals surface area contributed by atoms with E-state index in [0.29, 0.717) is 28.6 Å². The number of likely N-dealkylation sites (N-methyl/N-ethyl adjacent to an activating group) is 1. The molecule has 7 nitrogen and oxygen atoms in total. The summed E-state index contributed by atoms with van der Waals surface area (Å²) >= 11 is 0. The van der Waals surface area contributed by atoms with Gasteiger partial charge in [0, 0.05) is 5.56 Å². The van der Waals surface area contributed by atoms with Crippen molar-refractivity contribution >= 4 is 11.7 Å². The van der Waals surface area contributed by atoms with Crippen LogP contribution in [0.3, 0.4) is 0 Å². The maximum Gasteiger partial charge on any atom is 0.239 e. The van der Waals surface area contributed by atoms with Crippen LogP contribution in [0.15, 0.2) is 24.3 Å². The average molecular weight is 323 g/mol. The predicted octanol–water partition coefficient (Wildman–Crippen LogP) is 1.76. The highest BCUT2D eigenvalue weighted by Gasteiger charge is 2.29. The van der Waals surface area contributed by atoms with Gasteiger partial charge in [0.1, 0.15) is 11.4 Å². The van der Waals surface area contributed by atoms with Crippen LogP contribution in [-0.2, 0) is 4.79 Å². The lowest BCUT2D eigenvalue weighted by Crippen LogP contribution is -2.25. The molecule has 0 saturated heterocycles. The number of nitrogens with zero attached hydrogens (tertiary/aromatic N) is 3. The molecule has 0 aliphatic heterocycles. The van der Waals surface area contributed by atoms with Crippen LogP contribution in [0.4, 0.5) is 5.82 Å². The predicted molar refractivity (Wildman–Crippen MR) is 88.4 cm³/mol. The molecule has 0 atom stereocenters. The Morgan fingerprint density at radius 1 is 1.38 bits per heavy atom. The second-order valence-corrected chi connectivity index (χ2v) is 5.73. The van der Waals surface area contributed by atoms with E-state index in [4.69, 9.17) is 5.26 Å². The van der Waals surface area contributed by atoms with Gasteiger partial charge >= 0.3 is 0 Å². The Balaban J connectivity index is 1.97. The molecule has 1 saturated carbocycles. The number of phenols is 1. The number of nitriles is 1. The molecule has 122 valence electrons. The molecule has 3 rings (SSSR count). The smallest absolute Gasteiger partial charge is 0.239 e. The van der Waals surface area contributed by atoms with E-state index < -0.39 is 0 Å². The van der Waals surface area contributed by atoms with Crippen molar-refractivity contribution < 1.29 is 9.90 Å². The molecule has 3 N–H and O–H groups in total. The van der Waals surface area contributed by atoms with Crippen LogP contribution in [0.25, 0.3) is 11.3 Å². The molecule has 0 spiro atoms. The Kier molecular flexibility index (Phi) is 4.40. The number of benzene rings is 1. The number of phenolic OH excluding ortho intramolecular Hbond substituents is 1. The second-order valence-electron chi connectivity index (χ2n) is 5.73. The normalized spacial score (nSPS) is 13.3. The Morgan fingerprint density at radius 2 is 2.17 bits per heavy atom. The zero-order valence-corrected chi connectivity index (χ0v) is 13.2. The summed E-state index contributed by atoms with van der Waals surface area (Å²) < 4.78 is 0. The Morgan fingerprint density at radius 3 is 2.79 bits per heavy atom. The van der Waals surface area contributed by atoms with Crippen LogP contribution >= 0.6 is 0 Å². The van der Waals surface area contributed by atoms with E-state index in [0.717, 1.165) is 18.4 Å². The van der Waals surface area contributed by atoms with Crippen LogP contribution in [0.1, 0.15) is 29.9 Å². The van der Waals surface area contributed by atoms with Gasteiger partial charge in [0.2, 0.25) is 5.91 Å². The van der Waals surface area contributed by atoms with Gasteiger partial charge in [-0.3, -0.25) is 4.79 Å². The number of carbonyl (C=O) groups excluding carboxylic acids is 1. The third-order valence-corrected chi connectivity index (χ3v) is 3.83. The van der Waals surface area contributed by atoms with E-state index >= 15 is 0 Å². The molecule has 0 unspecified atom stereocenters. The van der Waals surface area contributed by atoms with Gasteiger partial charge in [-0.1, -0.05) is 0 Å². The first-order valence-electron chi connectivity index (χ1n) is 7.68. The van der Waals surface area contributed by atoms with Crippen molar-refractivity contribution in [1.29, 1.82) is 5.26 Å². The molecule has 1 heterocycles. The fraction of sp³-hybridized carbons (Fsp3) is 0.294. The molecule has 7 heteroatoms. The van der Waals surface area contributed by atoms with Crippen molar-refractivity contribution in [2.75, 3.05) is 18.9 Å². The van der Waals surface area contributed by atoms with Crippen LogP contribution in [0, 0.1) is 11.3 Å². The molecule has 1 amide bonds. The molecule has 1 fully saturated rings. The minimum absolute atomic E-state index is 0.00258. The number of amides is 1. The molecule has 2 aromatic rings. The van der Waals surface area contributed by atoms with E-state index in [9.17, 15) is 9.90 Å². The highest BCUT2D eigenvalue weighted by Crippen LogP contribution is 2.45.